The Balaban J connectivity index is 1.19. The molecule has 0 heterocycles. The van der Waals surface area contributed by atoms with E-state index in [1.807, 2.05) is 0 Å². The maximum atomic E-state index is 2.56. The minimum Gasteiger partial charge on any atom is -0.310 e. The van der Waals surface area contributed by atoms with Gasteiger partial charge in [-0.05, 0) is 143 Å². The molecule has 0 atom stereocenters. The molecule has 0 N–H and O–H groups in total. The molecule has 0 saturated carbocycles. The zero-order valence-electron chi connectivity index (χ0n) is 34.2. The summed E-state index contributed by atoms with van der Waals surface area (Å²) in [6.45, 7) is 23.4. The molecule has 0 amide bonds. The van der Waals surface area contributed by atoms with Crippen LogP contribution in [-0.4, -0.2) is 0 Å². The van der Waals surface area contributed by atoms with Gasteiger partial charge in [-0.3, -0.25) is 0 Å². The number of fused-ring (bicyclic) bond motifs is 8. The second-order valence-electron chi connectivity index (χ2n) is 19.1. The number of nitrogens with zero attached hydrogens (tertiary/aromatic N) is 1. The first-order valence-electron chi connectivity index (χ1n) is 20.0. The summed E-state index contributed by atoms with van der Waals surface area (Å²) in [6.07, 6.45) is 0. The first-order valence-corrected chi connectivity index (χ1v) is 20.0. The van der Waals surface area contributed by atoms with E-state index in [9.17, 15) is 0 Å². The summed E-state index contributed by atoms with van der Waals surface area (Å²) in [4.78, 5) is 2.44. The molecule has 0 radical (unpaired) electrons. The average Bonchev–Trinajstić information content (AvgIpc) is 3.52. The van der Waals surface area contributed by atoms with Gasteiger partial charge < -0.3 is 4.90 Å². The van der Waals surface area contributed by atoms with Crippen molar-refractivity contribution in [1.29, 1.82) is 0 Å². The number of hydrogen-bond donors (Lipinski definition) is 0. The molecular weight excluding hydrogens is 663 g/mol. The number of hydrogen-bond acceptors (Lipinski definition) is 1. The molecule has 7 aromatic carbocycles. The van der Waals surface area contributed by atoms with Crippen LogP contribution in [0, 0.1) is 0 Å². The predicted molar refractivity (Wildman–Crippen MR) is 237 cm³/mol. The Morgan fingerprint density at radius 3 is 1.42 bits per heavy atom. The van der Waals surface area contributed by atoms with Crippen LogP contribution in [0.3, 0.4) is 0 Å². The topological polar surface area (TPSA) is 3.24 Å². The Bertz CT molecular complexity index is 2560. The van der Waals surface area contributed by atoms with Gasteiger partial charge in [-0.15, -0.1) is 0 Å². The summed E-state index contributed by atoms with van der Waals surface area (Å²) in [5.41, 5.74) is 19.8. The lowest BCUT2D eigenvalue weighted by Gasteiger charge is -2.29. The van der Waals surface area contributed by atoms with Gasteiger partial charge in [0, 0.05) is 27.9 Å². The molecule has 1 nitrogen and oxygen atoms in total. The zero-order valence-corrected chi connectivity index (χ0v) is 34.2. The van der Waals surface area contributed by atoms with Crippen molar-refractivity contribution in [3.05, 3.63) is 173 Å². The van der Waals surface area contributed by atoms with Gasteiger partial charge in [0.2, 0.25) is 0 Å². The molecule has 0 bridgehead atoms. The molecule has 0 saturated heterocycles. The van der Waals surface area contributed by atoms with E-state index in [0.29, 0.717) is 0 Å². The molecule has 2 aliphatic rings. The second kappa shape index (κ2) is 12.0. The van der Waals surface area contributed by atoms with Gasteiger partial charge in [-0.1, -0.05) is 154 Å². The maximum absolute atomic E-state index is 2.56. The van der Waals surface area contributed by atoms with Crippen LogP contribution in [0.15, 0.2) is 140 Å². The molecule has 1 heteroatoms. The standard InChI is InChI=1S/C54H53N/c1-51(2,3)35-20-24-37(25-21-35)55(38-26-22-36(23-27-38)52(4,5)6)39-28-29-41-44-32-48-45(33-47(44)53(7,8)46(41)30-39)50-42-19-15-14-18-40(42)43(31-49(50)54(48,9)10)34-16-12-11-13-17-34/h11-33H,1-10H3. The van der Waals surface area contributed by atoms with Crippen molar-refractivity contribution in [3.8, 4) is 33.4 Å². The van der Waals surface area contributed by atoms with Crippen molar-refractivity contribution in [2.45, 2.75) is 90.9 Å². The van der Waals surface area contributed by atoms with Crippen LogP contribution >= 0.6 is 0 Å². The van der Waals surface area contributed by atoms with E-state index in [0.717, 1.165) is 0 Å². The molecule has 9 rings (SSSR count). The Morgan fingerprint density at radius 1 is 0.382 bits per heavy atom. The van der Waals surface area contributed by atoms with Crippen molar-refractivity contribution in [3.63, 3.8) is 0 Å². The van der Waals surface area contributed by atoms with E-state index in [1.54, 1.807) is 0 Å². The Labute approximate surface area is 328 Å². The van der Waals surface area contributed by atoms with E-state index in [-0.39, 0.29) is 21.7 Å². The van der Waals surface area contributed by atoms with Gasteiger partial charge in [0.15, 0.2) is 0 Å². The quantitative estimate of drug-likeness (QED) is 0.175. The summed E-state index contributed by atoms with van der Waals surface area (Å²) in [7, 11) is 0. The molecule has 0 fully saturated rings. The third-order valence-electron chi connectivity index (χ3n) is 12.8. The summed E-state index contributed by atoms with van der Waals surface area (Å²) in [5, 5.41) is 2.65. The first kappa shape index (κ1) is 35.3. The summed E-state index contributed by atoms with van der Waals surface area (Å²) >= 11 is 0. The molecule has 0 spiro atoms. The van der Waals surface area contributed by atoms with Crippen LogP contribution in [0.4, 0.5) is 17.1 Å². The minimum atomic E-state index is -0.180. The van der Waals surface area contributed by atoms with Gasteiger partial charge in [0.05, 0.1) is 0 Å². The minimum absolute atomic E-state index is 0.0902. The number of anilines is 3. The third-order valence-corrected chi connectivity index (χ3v) is 12.8. The summed E-state index contributed by atoms with van der Waals surface area (Å²) in [6, 6.07) is 53.1. The maximum Gasteiger partial charge on any atom is 0.0465 e. The lowest BCUT2D eigenvalue weighted by Crippen LogP contribution is -2.18. The Hall–Kier alpha value is -5.40. The van der Waals surface area contributed by atoms with E-state index >= 15 is 0 Å². The third kappa shape index (κ3) is 5.49. The van der Waals surface area contributed by atoms with Crippen LogP contribution < -0.4 is 4.90 Å². The summed E-state index contributed by atoms with van der Waals surface area (Å²) in [5.74, 6) is 0. The smallest absolute Gasteiger partial charge is 0.0465 e. The van der Waals surface area contributed by atoms with Gasteiger partial charge >= 0.3 is 0 Å². The van der Waals surface area contributed by atoms with Crippen LogP contribution in [0.2, 0.25) is 0 Å². The van der Waals surface area contributed by atoms with Gasteiger partial charge in [0.25, 0.3) is 0 Å². The molecule has 7 aromatic rings. The largest absolute Gasteiger partial charge is 0.310 e. The average molecular weight is 716 g/mol. The molecule has 0 aliphatic heterocycles. The fraction of sp³-hybridized carbons (Fsp3) is 0.259. The zero-order chi connectivity index (χ0) is 38.7. The molecule has 274 valence electrons. The first-order chi connectivity index (χ1) is 26.0. The lowest BCUT2D eigenvalue weighted by atomic mass is 9.79. The van der Waals surface area contributed by atoms with Crippen molar-refractivity contribution >= 4 is 27.8 Å². The van der Waals surface area contributed by atoms with E-state index in [2.05, 4.69) is 214 Å². The highest BCUT2D eigenvalue weighted by Crippen LogP contribution is 2.58. The molecule has 0 aromatic heterocycles. The lowest BCUT2D eigenvalue weighted by molar-refractivity contribution is 0.590. The van der Waals surface area contributed by atoms with Crippen molar-refractivity contribution in [1.82, 2.24) is 0 Å². The van der Waals surface area contributed by atoms with Crippen LogP contribution in [0.25, 0.3) is 44.2 Å². The fourth-order valence-electron chi connectivity index (χ4n) is 9.46. The normalized spacial score (nSPS) is 15.0. The van der Waals surface area contributed by atoms with Crippen molar-refractivity contribution in [2.24, 2.45) is 0 Å². The predicted octanol–water partition coefficient (Wildman–Crippen LogP) is 15.2. The Kier molecular flexibility index (Phi) is 7.74. The molecule has 55 heavy (non-hydrogen) atoms. The second-order valence-corrected chi connectivity index (χ2v) is 19.1. The Morgan fingerprint density at radius 2 is 0.836 bits per heavy atom. The van der Waals surface area contributed by atoms with Crippen LogP contribution in [0.1, 0.15) is 103 Å². The summed E-state index contributed by atoms with van der Waals surface area (Å²) < 4.78 is 0. The number of rotatable bonds is 4. The van der Waals surface area contributed by atoms with Gasteiger partial charge in [0.1, 0.15) is 0 Å². The molecule has 0 unspecified atom stereocenters. The number of benzene rings is 7. The fourth-order valence-corrected chi connectivity index (χ4v) is 9.46. The molecular formula is C54H53N. The van der Waals surface area contributed by atoms with Crippen LogP contribution in [-0.2, 0) is 21.7 Å². The van der Waals surface area contributed by atoms with E-state index in [4.69, 9.17) is 0 Å². The van der Waals surface area contributed by atoms with E-state index in [1.165, 1.54) is 94.6 Å². The monoisotopic (exact) mass is 715 g/mol. The van der Waals surface area contributed by atoms with Gasteiger partial charge in [-0.2, -0.15) is 0 Å². The van der Waals surface area contributed by atoms with Crippen molar-refractivity contribution in [2.75, 3.05) is 4.90 Å². The van der Waals surface area contributed by atoms with Crippen LogP contribution in [0.5, 0.6) is 0 Å². The highest BCUT2D eigenvalue weighted by Gasteiger charge is 2.43. The van der Waals surface area contributed by atoms with Gasteiger partial charge in [-0.25, -0.2) is 0 Å². The molecule has 2 aliphatic carbocycles. The highest BCUT2D eigenvalue weighted by atomic mass is 15.1. The SMILES string of the molecule is CC(C)(C)c1ccc(N(c2ccc(C(C)(C)C)cc2)c2ccc3c(c2)C(C)(C)c2cc4c(cc2-3)C(C)(C)c2cc(-c3ccccc3)c3ccccc3c2-4)cc1. The highest BCUT2D eigenvalue weighted by molar-refractivity contribution is 6.09. The van der Waals surface area contributed by atoms with Crippen molar-refractivity contribution < 1.29 is 0 Å². The van der Waals surface area contributed by atoms with E-state index < -0.39 is 0 Å².